The van der Waals surface area contributed by atoms with Crippen molar-refractivity contribution < 1.29 is 15.0 Å². The molecule has 1 amide bonds. The number of aromatic nitrogens is 3. The number of carbonyl (C=O) groups is 1. The lowest BCUT2D eigenvalue weighted by Crippen LogP contribution is -2.34. The van der Waals surface area contributed by atoms with Gasteiger partial charge in [0.15, 0.2) is 5.82 Å². The molecule has 0 atom stereocenters. The first-order valence-corrected chi connectivity index (χ1v) is 7.78. The van der Waals surface area contributed by atoms with Crippen molar-refractivity contribution in [3.8, 4) is 22.9 Å². The van der Waals surface area contributed by atoms with Crippen molar-refractivity contribution in [1.82, 2.24) is 20.5 Å². The van der Waals surface area contributed by atoms with E-state index >= 15 is 0 Å². The Bertz CT molecular complexity index is 693. The number of nitrogens with zero attached hydrogens (tertiary/aromatic N) is 2. The highest BCUT2D eigenvalue weighted by Gasteiger charge is 2.18. The van der Waals surface area contributed by atoms with E-state index in [1.54, 1.807) is 6.07 Å². The largest absolute Gasteiger partial charge is 0.508 e. The molecule has 7 heteroatoms. The molecule has 0 radical (unpaired) electrons. The minimum Gasteiger partial charge on any atom is -0.508 e. The van der Waals surface area contributed by atoms with Gasteiger partial charge in [0.05, 0.1) is 5.56 Å². The first-order chi connectivity index (χ1) is 11.0. The fourth-order valence-electron chi connectivity index (χ4n) is 2.33. The van der Waals surface area contributed by atoms with Crippen LogP contribution >= 0.6 is 0 Å². The molecule has 4 N–H and O–H groups in total. The zero-order valence-electron chi connectivity index (χ0n) is 13.6. The molecule has 0 unspecified atom stereocenters. The molecule has 7 nitrogen and oxygen atoms in total. The molecule has 0 saturated carbocycles. The van der Waals surface area contributed by atoms with Crippen molar-refractivity contribution in [3.63, 3.8) is 0 Å². The molecule has 0 fully saturated rings. The lowest BCUT2D eigenvalue weighted by Gasteiger charge is -2.12. The first-order valence-electron chi connectivity index (χ1n) is 7.78. The van der Waals surface area contributed by atoms with Crippen molar-refractivity contribution in [3.05, 3.63) is 23.5 Å². The summed E-state index contributed by atoms with van der Waals surface area (Å²) < 4.78 is 0. The van der Waals surface area contributed by atoms with E-state index in [4.69, 9.17) is 0 Å². The first kappa shape index (κ1) is 16.8. The van der Waals surface area contributed by atoms with Crippen LogP contribution in [0.25, 0.3) is 11.4 Å². The number of amides is 1. The third kappa shape index (κ3) is 3.61. The molecule has 0 aliphatic heterocycles. The quantitative estimate of drug-likeness (QED) is 0.653. The van der Waals surface area contributed by atoms with Crippen LogP contribution in [-0.4, -0.2) is 37.3 Å². The Morgan fingerprint density at radius 2 is 1.87 bits per heavy atom. The summed E-state index contributed by atoms with van der Waals surface area (Å²) in [4.78, 5) is 15.0. The highest BCUT2D eigenvalue weighted by Crippen LogP contribution is 2.33. The number of aromatic hydroxyl groups is 2. The molecule has 23 heavy (non-hydrogen) atoms. The monoisotopic (exact) mass is 318 g/mol. The Kier molecular flexibility index (Phi) is 5.20. The van der Waals surface area contributed by atoms with E-state index in [1.807, 2.05) is 20.8 Å². The summed E-state index contributed by atoms with van der Waals surface area (Å²) in [5.74, 6) is -0.0430. The van der Waals surface area contributed by atoms with Crippen molar-refractivity contribution >= 4 is 5.91 Å². The van der Waals surface area contributed by atoms with Crippen LogP contribution < -0.4 is 5.32 Å². The minimum atomic E-state index is -0.327. The summed E-state index contributed by atoms with van der Waals surface area (Å²) in [6.07, 6.45) is 2.28. The van der Waals surface area contributed by atoms with E-state index in [2.05, 4.69) is 20.5 Å². The second-order valence-electron chi connectivity index (χ2n) is 5.36. The van der Waals surface area contributed by atoms with Gasteiger partial charge >= 0.3 is 0 Å². The topological polar surface area (TPSA) is 111 Å². The third-order valence-corrected chi connectivity index (χ3v) is 3.86. The number of phenolic OH excluding ortho intramolecular Hbond substituents is 2. The van der Waals surface area contributed by atoms with Crippen LogP contribution in [0.15, 0.2) is 12.1 Å². The van der Waals surface area contributed by atoms with Gasteiger partial charge in [-0.05, 0) is 30.9 Å². The molecule has 2 aromatic rings. The van der Waals surface area contributed by atoms with Crippen LogP contribution in [0.4, 0.5) is 0 Å². The van der Waals surface area contributed by atoms with Gasteiger partial charge in [-0.3, -0.25) is 4.79 Å². The standard InChI is InChI=1S/C16H22N4O3/c1-4-9-7-11(13(22)8-12(9)21)14-18-15(20-19-14)16(23)17-10(5-2)6-3/h7-8,10,21-22H,4-6H2,1-3H3,(H,17,23)(H,18,19,20). The highest BCUT2D eigenvalue weighted by atomic mass is 16.3. The Labute approximate surface area is 134 Å². The Balaban J connectivity index is 2.27. The van der Waals surface area contributed by atoms with Gasteiger partial charge in [0.1, 0.15) is 11.5 Å². The number of H-pyrrole nitrogens is 1. The Morgan fingerprint density at radius 1 is 1.17 bits per heavy atom. The zero-order valence-corrected chi connectivity index (χ0v) is 13.6. The van der Waals surface area contributed by atoms with Crippen LogP contribution in [0.2, 0.25) is 0 Å². The summed E-state index contributed by atoms with van der Waals surface area (Å²) in [5, 5.41) is 30.4. The van der Waals surface area contributed by atoms with Gasteiger partial charge in [0, 0.05) is 12.1 Å². The lowest BCUT2D eigenvalue weighted by molar-refractivity contribution is 0.0924. The van der Waals surface area contributed by atoms with Gasteiger partial charge in [-0.1, -0.05) is 20.8 Å². The van der Waals surface area contributed by atoms with E-state index in [0.717, 1.165) is 12.8 Å². The molecule has 2 rings (SSSR count). The summed E-state index contributed by atoms with van der Waals surface area (Å²) in [6.45, 7) is 5.90. The molecule has 0 aliphatic carbocycles. The number of hydrogen-bond donors (Lipinski definition) is 4. The van der Waals surface area contributed by atoms with E-state index in [9.17, 15) is 15.0 Å². The fraction of sp³-hybridized carbons (Fsp3) is 0.438. The predicted octanol–water partition coefficient (Wildman–Crippen LogP) is 2.36. The number of carbonyl (C=O) groups excluding carboxylic acids is 1. The van der Waals surface area contributed by atoms with Crippen molar-refractivity contribution in [2.24, 2.45) is 0 Å². The number of nitrogens with one attached hydrogen (secondary N) is 2. The second kappa shape index (κ2) is 7.13. The summed E-state index contributed by atoms with van der Waals surface area (Å²) >= 11 is 0. The second-order valence-corrected chi connectivity index (χ2v) is 5.36. The lowest BCUT2D eigenvalue weighted by atomic mass is 10.1. The smallest absolute Gasteiger partial charge is 0.289 e. The number of aromatic amines is 1. The van der Waals surface area contributed by atoms with Crippen molar-refractivity contribution in [2.75, 3.05) is 0 Å². The predicted molar refractivity (Wildman–Crippen MR) is 86.4 cm³/mol. The maximum Gasteiger partial charge on any atom is 0.289 e. The fourth-order valence-corrected chi connectivity index (χ4v) is 2.33. The molecule has 1 heterocycles. The zero-order chi connectivity index (χ0) is 17.0. The molecule has 0 spiro atoms. The van der Waals surface area contributed by atoms with Crippen molar-refractivity contribution in [2.45, 2.75) is 46.1 Å². The molecule has 0 saturated heterocycles. The number of rotatable bonds is 6. The van der Waals surface area contributed by atoms with Gasteiger partial charge in [-0.25, -0.2) is 0 Å². The van der Waals surface area contributed by atoms with Crippen LogP contribution in [0.1, 0.15) is 49.8 Å². The summed E-state index contributed by atoms with van der Waals surface area (Å²) in [6, 6.07) is 2.99. The van der Waals surface area contributed by atoms with Crippen LogP contribution in [-0.2, 0) is 6.42 Å². The highest BCUT2D eigenvalue weighted by molar-refractivity contribution is 5.91. The maximum atomic E-state index is 12.1. The van der Waals surface area contributed by atoms with E-state index in [0.29, 0.717) is 17.5 Å². The van der Waals surface area contributed by atoms with Gasteiger partial charge in [-0.2, -0.15) is 0 Å². The number of benzene rings is 1. The number of hydrogen-bond acceptors (Lipinski definition) is 5. The molecule has 1 aromatic heterocycles. The average molecular weight is 318 g/mol. The van der Waals surface area contributed by atoms with Gasteiger partial charge in [-0.15, -0.1) is 10.2 Å². The Hall–Kier alpha value is -2.57. The summed E-state index contributed by atoms with van der Waals surface area (Å²) in [7, 11) is 0. The third-order valence-electron chi connectivity index (χ3n) is 3.86. The van der Waals surface area contributed by atoms with E-state index in [-0.39, 0.29) is 35.1 Å². The Morgan fingerprint density at radius 3 is 2.48 bits per heavy atom. The van der Waals surface area contributed by atoms with E-state index in [1.165, 1.54) is 6.07 Å². The van der Waals surface area contributed by atoms with Crippen molar-refractivity contribution in [1.29, 1.82) is 0 Å². The normalized spacial score (nSPS) is 11.0. The average Bonchev–Trinajstić information content (AvgIpc) is 3.02. The summed E-state index contributed by atoms with van der Waals surface area (Å²) in [5.41, 5.74) is 1.07. The van der Waals surface area contributed by atoms with Gasteiger partial charge < -0.3 is 20.5 Å². The molecular weight excluding hydrogens is 296 g/mol. The minimum absolute atomic E-state index is 0.0277. The maximum absolute atomic E-state index is 12.1. The SMILES string of the molecule is CCc1cc(-c2nnc(C(=O)NC(CC)CC)[nH]2)c(O)cc1O. The van der Waals surface area contributed by atoms with Crippen LogP contribution in [0.3, 0.4) is 0 Å². The number of phenols is 2. The number of aryl methyl sites for hydroxylation is 1. The molecule has 124 valence electrons. The molecule has 1 aromatic carbocycles. The van der Waals surface area contributed by atoms with Gasteiger partial charge in [0.2, 0.25) is 5.82 Å². The molecule has 0 bridgehead atoms. The van der Waals surface area contributed by atoms with Crippen LogP contribution in [0, 0.1) is 0 Å². The van der Waals surface area contributed by atoms with E-state index < -0.39 is 0 Å². The van der Waals surface area contributed by atoms with Crippen LogP contribution in [0.5, 0.6) is 11.5 Å². The molecular formula is C16H22N4O3. The molecule has 0 aliphatic rings. The van der Waals surface area contributed by atoms with Gasteiger partial charge in [0.25, 0.3) is 5.91 Å².